The first-order valence-corrected chi connectivity index (χ1v) is 4.37. The molecule has 0 heterocycles. The molecule has 0 radical (unpaired) electrons. The zero-order chi connectivity index (χ0) is 10.6. The van der Waals surface area contributed by atoms with Crippen LogP contribution in [0.4, 0.5) is 4.79 Å². The average molecular weight is 189 g/mol. The summed E-state index contributed by atoms with van der Waals surface area (Å²) in [5.74, 6) is 0. The van der Waals surface area contributed by atoms with Crippen molar-refractivity contribution in [3.63, 3.8) is 0 Å². The normalized spacial score (nSPS) is 13.9. The van der Waals surface area contributed by atoms with E-state index in [-0.39, 0.29) is 5.41 Å². The Morgan fingerprint density at radius 3 is 2.23 bits per heavy atom. The van der Waals surface area contributed by atoms with Gasteiger partial charge in [0.2, 0.25) is 0 Å². The lowest BCUT2D eigenvalue weighted by molar-refractivity contribution is 0.0480. The molecule has 0 aliphatic heterocycles. The van der Waals surface area contributed by atoms with Gasteiger partial charge in [-0.15, -0.1) is 0 Å². The van der Waals surface area contributed by atoms with Gasteiger partial charge in [0.15, 0.2) is 0 Å². The van der Waals surface area contributed by atoms with E-state index in [4.69, 9.17) is 5.11 Å². The van der Waals surface area contributed by atoms with Gasteiger partial charge in [-0.3, -0.25) is 0 Å². The summed E-state index contributed by atoms with van der Waals surface area (Å²) < 4.78 is 0. The number of aliphatic hydroxyl groups excluding tert-OH is 1. The zero-order valence-electron chi connectivity index (χ0n) is 8.74. The number of carboxylic acid groups (broad SMARTS) is 1. The fraction of sp³-hybridized carbons (Fsp3) is 0.889. The van der Waals surface area contributed by atoms with Crippen molar-refractivity contribution in [2.45, 2.75) is 33.3 Å². The van der Waals surface area contributed by atoms with E-state index in [2.05, 4.69) is 0 Å². The van der Waals surface area contributed by atoms with E-state index in [9.17, 15) is 9.90 Å². The van der Waals surface area contributed by atoms with E-state index in [1.807, 2.05) is 20.8 Å². The molecule has 78 valence electrons. The maximum atomic E-state index is 10.4. The minimum absolute atomic E-state index is 0.181. The van der Waals surface area contributed by atoms with E-state index >= 15 is 0 Å². The number of rotatable bonds is 3. The lowest BCUT2D eigenvalue weighted by Crippen LogP contribution is -2.33. The fourth-order valence-electron chi connectivity index (χ4n) is 0.845. The van der Waals surface area contributed by atoms with Gasteiger partial charge in [-0.25, -0.2) is 4.79 Å². The largest absolute Gasteiger partial charge is 0.465 e. The highest BCUT2D eigenvalue weighted by Crippen LogP contribution is 2.21. The third kappa shape index (κ3) is 4.72. The quantitative estimate of drug-likeness (QED) is 0.705. The van der Waals surface area contributed by atoms with E-state index in [0.717, 1.165) is 0 Å². The molecule has 4 nitrogen and oxygen atoms in total. The molecule has 1 amide bonds. The van der Waals surface area contributed by atoms with Crippen molar-refractivity contribution in [2.75, 3.05) is 13.6 Å². The number of carbonyl (C=O) groups is 1. The Labute approximate surface area is 79.2 Å². The fourth-order valence-corrected chi connectivity index (χ4v) is 0.845. The molecule has 0 rings (SSSR count). The van der Waals surface area contributed by atoms with Crippen LogP contribution in [0.25, 0.3) is 0 Å². The third-order valence-electron chi connectivity index (χ3n) is 2.06. The van der Waals surface area contributed by atoms with Crippen LogP contribution in [-0.4, -0.2) is 40.9 Å². The summed E-state index contributed by atoms with van der Waals surface area (Å²) in [5, 5.41) is 18.1. The molecule has 4 heteroatoms. The molecule has 0 saturated carbocycles. The molecule has 1 unspecified atom stereocenters. The molecular weight excluding hydrogens is 170 g/mol. The molecule has 0 spiro atoms. The summed E-state index contributed by atoms with van der Waals surface area (Å²) in [6, 6.07) is 0. The summed E-state index contributed by atoms with van der Waals surface area (Å²) in [4.78, 5) is 11.6. The van der Waals surface area contributed by atoms with Gasteiger partial charge in [0.05, 0.1) is 6.10 Å². The van der Waals surface area contributed by atoms with Gasteiger partial charge in [0.25, 0.3) is 0 Å². The Hall–Kier alpha value is -0.770. The van der Waals surface area contributed by atoms with E-state index < -0.39 is 12.2 Å². The van der Waals surface area contributed by atoms with Crippen LogP contribution in [0.15, 0.2) is 0 Å². The summed E-state index contributed by atoms with van der Waals surface area (Å²) in [6.07, 6.45) is -0.942. The maximum absolute atomic E-state index is 10.4. The Bertz CT molecular complexity index is 174. The van der Waals surface area contributed by atoms with Crippen molar-refractivity contribution in [1.82, 2.24) is 4.90 Å². The number of nitrogens with zero attached hydrogens (tertiary/aromatic N) is 1. The number of hydrogen-bond donors (Lipinski definition) is 2. The van der Waals surface area contributed by atoms with Gasteiger partial charge in [-0.2, -0.15) is 0 Å². The van der Waals surface area contributed by atoms with Crippen LogP contribution in [-0.2, 0) is 0 Å². The molecule has 0 aromatic heterocycles. The van der Waals surface area contributed by atoms with Gasteiger partial charge < -0.3 is 15.1 Å². The Morgan fingerprint density at radius 1 is 1.46 bits per heavy atom. The smallest absolute Gasteiger partial charge is 0.407 e. The molecule has 0 aromatic carbocycles. The summed E-state index contributed by atoms with van der Waals surface area (Å²) in [6.45, 7) is 6.16. The van der Waals surface area contributed by atoms with E-state index in [1.165, 1.54) is 11.9 Å². The predicted molar refractivity (Wildman–Crippen MR) is 50.7 cm³/mol. The molecule has 0 aliphatic carbocycles. The van der Waals surface area contributed by atoms with E-state index in [0.29, 0.717) is 13.0 Å². The van der Waals surface area contributed by atoms with Crippen LogP contribution in [0.1, 0.15) is 27.2 Å². The van der Waals surface area contributed by atoms with Crippen LogP contribution < -0.4 is 0 Å². The number of amides is 1. The van der Waals surface area contributed by atoms with Gasteiger partial charge in [-0.1, -0.05) is 20.8 Å². The molecule has 0 saturated heterocycles. The van der Waals surface area contributed by atoms with Crippen molar-refractivity contribution in [2.24, 2.45) is 5.41 Å². The predicted octanol–water partition coefficient (Wildman–Crippen LogP) is 1.39. The molecule has 0 fully saturated rings. The third-order valence-corrected chi connectivity index (χ3v) is 2.06. The van der Waals surface area contributed by atoms with Gasteiger partial charge >= 0.3 is 6.09 Å². The summed E-state index contributed by atoms with van der Waals surface area (Å²) in [5.41, 5.74) is -0.181. The zero-order valence-corrected chi connectivity index (χ0v) is 8.74. The number of hydrogen-bond acceptors (Lipinski definition) is 2. The Morgan fingerprint density at radius 2 is 1.92 bits per heavy atom. The maximum Gasteiger partial charge on any atom is 0.407 e. The SMILES string of the molecule is CN(CCC(O)C(C)(C)C)C(=O)O. The van der Waals surface area contributed by atoms with Crippen molar-refractivity contribution in [3.8, 4) is 0 Å². The first-order chi connectivity index (χ1) is 5.75. The Kier molecular flexibility index (Phi) is 4.20. The first-order valence-electron chi connectivity index (χ1n) is 4.37. The van der Waals surface area contributed by atoms with Gasteiger partial charge in [0, 0.05) is 13.6 Å². The van der Waals surface area contributed by atoms with Crippen LogP contribution in [0.2, 0.25) is 0 Å². The molecule has 0 aromatic rings. The second kappa shape index (κ2) is 4.46. The van der Waals surface area contributed by atoms with E-state index in [1.54, 1.807) is 0 Å². The molecule has 1 atom stereocenters. The van der Waals surface area contributed by atoms with Crippen molar-refractivity contribution in [3.05, 3.63) is 0 Å². The molecule has 0 aliphatic rings. The van der Waals surface area contributed by atoms with Gasteiger partial charge in [-0.05, 0) is 11.8 Å². The minimum atomic E-state index is -0.957. The average Bonchev–Trinajstić information content (AvgIpc) is 1.97. The highest BCUT2D eigenvalue weighted by molar-refractivity contribution is 5.64. The molecule has 0 bridgehead atoms. The molecular formula is C9H19NO3. The van der Waals surface area contributed by atoms with Crippen molar-refractivity contribution in [1.29, 1.82) is 0 Å². The molecule has 2 N–H and O–H groups in total. The standard InChI is InChI=1S/C9H19NO3/c1-9(2,3)7(11)5-6-10(4)8(12)13/h7,11H,5-6H2,1-4H3,(H,12,13). The lowest BCUT2D eigenvalue weighted by atomic mass is 9.87. The second-order valence-electron chi connectivity index (χ2n) is 4.37. The monoisotopic (exact) mass is 189 g/mol. The number of aliphatic hydroxyl groups is 1. The topological polar surface area (TPSA) is 60.8 Å². The first kappa shape index (κ1) is 12.2. The van der Waals surface area contributed by atoms with Crippen LogP contribution >= 0.6 is 0 Å². The Balaban J connectivity index is 3.83. The molecule has 13 heavy (non-hydrogen) atoms. The highest BCUT2D eigenvalue weighted by atomic mass is 16.4. The van der Waals surface area contributed by atoms with Crippen LogP contribution in [0, 0.1) is 5.41 Å². The highest BCUT2D eigenvalue weighted by Gasteiger charge is 2.22. The lowest BCUT2D eigenvalue weighted by Gasteiger charge is -2.27. The van der Waals surface area contributed by atoms with Crippen LogP contribution in [0.3, 0.4) is 0 Å². The van der Waals surface area contributed by atoms with Gasteiger partial charge in [0.1, 0.15) is 0 Å². The summed E-state index contributed by atoms with van der Waals surface area (Å²) >= 11 is 0. The van der Waals surface area contributed by atoms with Crippen molar-refractivity contribution >= 4 is 6.09 Å². The van der Waals surface area contributed by atoms with Crippen LogP contribution in [0.5, 0.6) is 0 Å². The second-order valence-corrected chi connectivity index (χ2v) is 4.37. The summed E-state index contributed by atoms with van der Waals surface area (Å²) in [7, 11) is 1.50. The minimum Gasteiger partial charge on any atom is -0.465 e. The van der Waals surface area contributed by atoms with Crippen molar-refractivity contribution < 1.29 is 15.0 Å².